The molecule has 0 spiro atoms. The average Bonchev–Trinajstić information content (AvgIpc) is 3.39. The Hall–Kier alpha value is -3.97. The van der Waals surface area contributed by atoms with E-state index in [0.29, 0.717) is 16.5 Å². The summed E-state index contributed by atoms with van der Waals surface area (Å²) in [7, 11) is 0. The summed E-state index contributed by atoms with van der Waals surface area (Å²) in [6.45, 7) is 0. The van der Waals surface area contributed by atoms with Gasteiger partial charge in [-0.2, -0.15) is 0 Å². The lowest BCUT2D eigenvalue weighted by Gasteiger charge is -2.05. The lowest BCUT2D eigenvalue weighted by atomic mass is 10.1. The van der Waals surface area contributed by atoms with Gasteiger partial charge in [0.2, 0.25) is 0 Å². The predicted molar refractivity (Wildman–Crippen MR) is 128 cm³/mol. The van der Waals surface area contributed by atoms with Crippen molar-refractivity contribution in [3.05, 3.63) is 95.2 Å². The summed E-state index contributed by atoms with van der Waals surface area (Å²) in [5.74, 6) is -0.176. The minimum Gasteiger partial charge on any atom is -0.303 e. The number of hydrogen-bond donors (Lipinski definition) is 1. The van der Waals surface area contributed by atoms with Gasteiger partial charge in [0.1, 0.15) is 12.6 Å². The van der Waals surface area contributed by atoms with Gasteiger partial charge in [-0.15, -0.1) is 0 Å². The molecule has 32 heavy (non-hydrogen) atoms. The highest BCUT2D eigenvalue weighted by Gasteiger charge is 2.23. The minimum absolute atomic E-state index is 0.176. The fourth-order valence-corrected chi connectivity index (χ4v) is 4.32. The Morgan fingerprint density at radius 1 is 1.03 bits per heavy atom. The lowest BCUT2D eigenvalue weighted by Crippen LogP contribution is -2.19. The van der Waals surface area contributed by atoms with E-state index in [4.69, 9.17) is 0 Å². The van der Waals surface area contributed by atoms with Gasteiger partial charge in [-0.25, -0.2) is 9.98 Å². The molecule has 1 aliphatic heterocycles. The van der Waals surface area contributed by atoms with E-state index < -0.39 is 0 Å². The van der Waals surface area contributed by atoms with E-state index in [0.717, 1.165) is 39.8 Å². The summed E-state index contributed by atoms with van der Waals surface area (Å²) in [4.78, 5) is 32.6. The van der Waals surface area contributed by atoms with Gasteiger partial charge in [-0.3, -0.25) is 9.36 Å². The quantitative estimate of drug-likeness (QED) is 0.363. The molecule has 0 aliphatic carbocycles. The van der Waals surface area contributed by atoms with Crippen LogP contribution in [-0.4, -0.2) is 26.9 Å². The third kappa shape index (κ3) is 4.10. The fraction of sp³-hybridized carbons (Fsp3) is 0.0400. The van der Waals surface area contributed by atoms with E-state index >= 15 is 0 Å². The fourth-order valence-electron chi connectivity index (χ4n) is 3.48. The molecule has 156 valence electrons. The van der Waals surface area contributed by atoms with Crippen molar-refractivity contribution in [1.82, 2.24) is 14.9 Å². The van der Waals surface area contributed by atoms with E-state index in [1.165, 1.54) is 11.8 Å². The Balaban J connectivity index is 1.39. The first-order valence-corrected chi connectivity index (χ1v) is 10.9. The third-order valence-corrected chi connectivity index (χ3v) is 5.95. The molecule has 0 saturated carbocycles. The van der Waals surface area contributed by atoms with E-state index in [2.05, 4.69) is 15.3 Å². The molecule has 1 aromatic heterocycles. The van der Waals surface area contributed by atoms with Gasteiger partial charge < -0.3 is 10.1 Å². The maximum absolute atomic E-state index is 12.5. The molecule has 1 aliphatic rings. The molecule has 1 saturated heterocycles. The van der Waals surface area contributed by atoms with Crippen molar-refractivity contribution in [3.63, 3.8) is 0 Å². The number of para-hydroxylation sites is 2. The van der Waals surface area contributed by atoms with Crippen molar-refractivity contribution in [2.24, 2.45) is 4.99 Å². The number of nitrogens with one attached hydrogen (secondary N) is 1. The molecule has 0 radical (unpaired) electrons. The molecule has 1 N–H and O–H groups in total. The van der Waals surface area contributed by atoms with Gasteiger partial charge in [-0.1, -0.05) is 36.4 Å². The SMILES string of the molecule is O=CCc1ccc(N=C2NC(=O)C(=Cc3cccc(-n4cnc5ccccc54)c3)S2)cc1. The Morgan fingerprint density at radius 3 is 2.72 bits per heavy atom. The maximum Gasteiger partial charge on any atom is 0.264 e. The number of rotatable bonds is 5. The molecular formula is C25H18N4O2S. The van der Waals surface area contributed by atoms with Gasteiger partial charge in [-0.05, 0) is 65.4 Å². The molecule has 5 rings (SSSR count). The Labute approximate surface area is 188 Å². The lowest BCUT2D eigenvalue weighted by molar-refractivity contribution is -0.115. The highest BCUT2D eigenvalue weighted by Crippen LogP contribution is 2.29. The summed E-state index contributed by atoms with van der Waals surface area (Å²) in [5.41, 5.74) is 5.50. The van der Waals surface area contributed by atoms with E-state index in [9.17, 15) is 9.59 Å². The summed E-state index contributed by atoms with van der Waals surface area (Å²) < 4.78 is 2.03. The first kappa shape index (κ1) is 20.0. The number of aldehydes is 1. The van der Waals surface area contributed by atoms with Crippen LogP contribution in [0.3, 0.4) is 0 Å². The second kappa shape index (κ2) is 8.64. The van der Waals surface area contributed by atoms with Crippen molar-refractivity contribution in [3.8, 4) is 5.69 Å². The smallest absolute Gasteiger partial charge is 0.264 e. The first-order valence-electron chi connectivity index (χ1n) is 10.0. The van der Waals surface area contributed by atoms with Crippen molar-refractivity contribution in [2.75, 3.05) is 0 Å². The average molecular weight is 439 g/mol. The largest absolute Gasteiger partial charge is 0.303 e. The van der Waals surface area contributed by atoms with Crippen molar-refractivity contribution in [1.29, 1.82) is 0 Å². The van der Waals surface area contributed by atoms with E-state index in [1.807, 2.05) is 83.4 Å². The van der Waals surface area contributed by atoms with Crippen LogP contribution < -0.4 is 5.32 Å². The van der Waals surface area contributed by atoms with E-state index in [-0.39, 0.29) is 5.91 Å². The monoisotopic (exact) mass is 438 g/mol. The summed E-state index contributed by atoms with van der Waals surface area (Å²) in [6, 6.07) is 23.3. The second-order valence-corrected chi connectivity index (χ2v) is 8.25. The van der Waals surface area contributed by atoms with Crippen LogP contribution in [0.2, 0.25) is 0 Å². The zero-order chi connectivity index (χ0) is 21.9. The molecule has 0 atom stereocenters. The highest BCUT2D eigenvalue weighted by molar-refractivity contribution is 8.18. The highest BCUT2D eigenvalue weighted by atomic mass is 32.2. The van der Waals surface area contributed by atoms with Crippen molar-refractivity contribution in [2.45, 2.75) is 6.42 Å². The van der Waals surface area contributed by atoms with Gasteiger partial charge >= 0.3 is 0 Å². The minimum atomic E-state index is -0.176. The number of nitrogens with zero attached hydrogens (tertiary/aromatic N) is 3. The van der Waals surface area contributed by atoms with Crippen LogP contribution in [0.5, 0.6) is 0 Å². The van der Waals surface area contributed by atoms with Crippen LogP contribution in [0.25, 0.3) is 22.8 Å². The van der Waals surface area contributed by atoms with Crippen molar-refractivity contribution >= 4 is 51.9 Å². The topological polar surface area (TPSA) is 76.3 Å². The third-order valence-electron chi connectivity index (χ3n) is 5.04. The number of carbonyl (C=O) groups excluding carboxylic acids is 2. The van der Waals surface area contributed by atoms with Crippen LogP contribution in [0, 0.1) is 0 Å². The number of amidine groups is 1. The van der Waals surface area contributed by atoms with Gasteiger partial charge in [0, 0.05) is 12.1 Å². The van der Waals surface area contributed by atoms with Gasteiger partial charge in [0.25, 0.3) is 5.91 Å². The predicted octanol–water partition coefficient (Wildman–Crippen LogP) is 4.66. The molecular weight excluding hydrogens is 420 g/mol. The van der Waals surface area contributed by atoms with Crippen LogP contribution in [-0.2, 0) is 16.0 Å². The molecule has 7 heteroatoms. The van der Waals surface area contributed by atoms with Crippen molar-refractivity contribution < 1.29 is 9.59 Å². The molecule has 3 aromatic carbocycles. The van der Waals surface area contributed by atoms with Crippen LogP contribution in [0.15, 0.2) is 89.0 Å². The number of amides is 1. The molecule has 1 fully saturated rings. The van der Waals surface area contributed by atoms with Crippen LogP contribution >= 0.6 is 11.8 Å². The molecule has 0 bridgehead atoms. The number of carbonyl (C=O) groups is 2. The van der Waals surface area contributed by atoms with Crippen LogP contribution in [0.4, 0.5) is 5.69 Å². The molecule has 1 amide bonds. The first-order chi connectivity index (χ1) is 15.7. The van der Waals surface area contributed by atoms with Gasteiger partial charge in [0.05, 0.1) is 21.6 Å². The molecule has 4 aromatic rings. The zero-order valence-corrected chi connectivity index (χ0v) is 17.8. The Morgan fingerprint density at radius 2 is 1.88 bits per heavy atom. The van der Waals surface area contributed by atoms with Crippen LogP contribution in [0.1, 0.15) is 11.1 Å². The zero-order valence-electron chi connectivity index (χ0n) is 16.9. The maximum atomic E-state index is 12.5. The number of hydrogen-bond acceptors (Lipinski definition) is 5. The number of aromatic nitrogens is 2. The number of imidazole rings is 1. The second-order valence-electron chi connectivity index (χ2n) is 7.22. The molecule has 2 heterocycles. The number of thioether (sulfide) groups is 1. The number of aliphatic imine (C=N–C) groups is 1. The number of benzene rings is 3. The van der Waals surface area contributed by atoms with E-state index in [1.54, 1.807) is 6.33 Å². The summed E-state index contributed by atoms with van der Waals surface area (Å²) >= 11 is 1.30. The summed E-state index contributed by atoms with van der Waals surface area (Å²) in [5, 5.41) is 3.34. The normalized spacial score (nSPS) is 16.1. The number of fused-ring (bicyclic) bond motifs is 1. The standard InChI is InChI=1S/C25H18N4O2S/c30-13-12-17-8-10-19(11-9-17)27-25-28-24(31)23(32-25)15-18-4-3-5-20(14-18)29-16-26-21-6-1-2-7-22(21)29/h1-11,13-16H,12H2,(H,27,28,31). The van der Waals surface area contributed by atoms with Gasteiger partial charge in [0.15, 0.2) is 5.17 Å². The molecule has 0 unspecified atom stereocenters. The summed E-state index contributed by atoms with van der Waals surface area (Å²) in [6.07, 6.45) is 4.91. The Kier molecular flexibility index (Phi) is 5.39. The Bertz CT molecular complexity index is 1390. The molecule has 6 nitrogen and oxygen atoms in total.